The van der Waals surface area contributed by atoms with Crippen LogP contribution in [0.2, 0.25) is 0 Å². The van der Waals surface area contributed by atoms with Crippen molar-refractivity contribution in [3.05, 3.63) is 29.8 Å². The molecule has 118 valence electrons. The third-order valence-corrected chi connectivity index (χ3v) is 3.43. The van der Waals surface area contributed by atoms with Crippen molar-refractivity contribution in [1.82, 2.24) is 10.2 Å². The molecule has 1 aliphatic heterocycles. The van der Waals surface area contributed by atoms with Gasteiger partial charge in [0.05, 0.1) is 6.61 Å². The summed E-state index contributed by atoms with van der Waals surface area (Å²) in [7, 11) is 0. The molecule has 1 amide bonds. The molecule has 1 atom stereocenters. The lowest BCUT2D eigenvalue weighted by molar-refractivity contribution is 0.0655. The number of ether oxygens (including phenoxy) is 1. The van der Waals surface area contributed by atoms with Gasteiger partial charge in [-0.05, 0) is 31.0 Å². The first-order valence-electron chi connectivity index (χ1n) is 7.32. The Balaban J connectivity index is 0.00000220. The second-order valence-electron chi connectivity index (χ2n) is 5.78. The van der Waals surface area contributed by atoms with Gasteiger partial charge < -0.3 is 15.0 Å². The number of rotatable bonds is 4. The average Bonchev–Trinajstić information content (AvgIpc) is 2.45. The molecule has 1 aromatic rings. The van der Waals surface area contributed by atoms with Crippen molar-refractivity contribution < 1.29 is 9.53 Å². The number of nitrogens with zero attached hydrogens (tertiary/aromatic N) is 1. The summed E-state index contributed by atoms with van der Waals surface area (Å²) < 4.78 is 5.69. The Morgan fingerprint density at radius 2 is 2.24 bits per heavy atom. The normalized spacial score (nSPS) is 18.3. The summed E-state index contributed by atoms with van der Waals surface area (Å²) in [5, 5.41) is 3.30. The predicted molar refractivity (Wildman–Crippen MR) is 87.4 cm³/mol. The van der Waals surface area contributed by atoms with Crippen LogP contribution in [-0.2, 0) is 0 Å². The molecular formula is C16H25ClN2O2. The number of amides is 1. The standard InChI is InChI=1S/C16H24N2O2.ClH/c1-12(2)11-20-15-6-4-5-14(9-15)16(19)18-8-7-17-10-13(18)3;/h4-6,9,12-13,17H,7-8,10-11H2,1-3H3;1H/t13-;/m1./s1. The Hall–Kier alpha value is -1.26. The maximum Gasteiger partial charge on any atom is 0.254 e. The number of hydrogen-bond acceptors (Lipinski definition) is 3. The van der Waals surface area contributed by atoms with Crippen molar-refractivity contribution in [2.45, 2.75) is 26.8 Å². The van der Waals surface area contributed by atoms with Gasteiger partial charge in [-0.15, -0.1) is 12.4 Å². The van der Waals surface area contributed by atoms with Crippen molar-refractivity contribution in [1.29, 1.82) is 0 Å². The number of carbonyl (C=O) groups excluding carboxylic acids is 1. The summed E-state index contributed by atoms with van der Waals surface area (Å²) in [6, 6.07) is 7.73. The fraction of sp³-hybridized carbons (Fsp3) is 0.562. The Bertz CT molecular complexity index is 465. The second-order valence-corrected chi connectivity index (χ2v) is 5.78. The zero-order chi connectivity index (χ0) is 14.5. The molecule has 2 rings (SSSR count). The minimum atomic E-state index is 0. The van der Waals surface area contributed by atoms with E-state index >= 15 is 0 Å². The number of carbonyl (C=O) groups is 1. The van der Waals surface area contributed by atoms with Crippen LogP contribution < -0.4 is 10.1 Å². The summed E-state index contributed by atoms with van der Waals surface area (Å²) in [5.74, 6) is 1.34. The number of piperazine rings is 1. The average molecular weight is 313 g/mol. The first-order chi connectivity index (χ1) is 9.58. The first kappa shape index (κ1) is 17.8. The molecule has 1 fully saturated rings. The van der Waals surface area contributed by atoms with Gasteiger partial charge in [0, 0.05) is 31.2 Å². The molecule has 0 spiro atoms. The van der Waals surface area contributed by atoms with Crippen LogP contribution in [0, 0.1) is 5.92 Å². The zero-order valence-electron chi connectivity index (χ0n) is 13.0. The van der Waals surface area contributed by atoms with E-state index in [0.29, 0.717) is 18.1 Å². The van der Waals surface area contributed by atoms with Gasteiger partial charge in [0.25, 0.3) is 5.91 Å². The maximum atomic E-state index is 12.5. The van der Waals surface area contributed by atoms with Gasteiger partial charge in [-0.1, -0.05) is 19.9 Å². The quantitative estimate of drug-likeness (QED) is 0.929. The topological polar surface area (TPSA) is 41.6 Å². The molecule has 21 heavy (non-hydrogen) atoms. The lowest BCUT2D eigenvalue weighted by Gasteiger charge is -2.34. The van der Waals surface area contributed by atoms with E-state index in [2.05, 4.69) is 26.1 Å². The minimum Gasteiger partial charge on any atom is -0.493 e. The van der Waals surface area contributed by atoms with Crippen LogP contribution in [0.5, 0.6) is 5.75 Å². The van der Waals surface area contributed by atoms with E-state index in [4.69, 9.17) is 4.74 Å². The van der Waals surface area contributed by atoms with Crippen LogP contribution in [0.4, 0.5) is 0 Å². The fourth-order valence-electron chi connectivity index (χ4n) is 2.29. The lowest BCUT2D eigenvalue weighted by atomic mass is 10.1. The van der Waals surface area contributed by atoms with Crippen molar-refractivity contribution in [2.24, 2.45) is 5.92 Å². The first-order valence-corrected chi connectivity index (χ1v) is 7.32. The van der Waals surface area contributed by atoms with E-state index in [-0.39, 0.29) is 24.4 Å². The fourth-order valence-corrected chi connectivity index (χ4v) is 2.29. The summed E-state index contributed by atoms with van der Waals surface area (Å²) in [4.78, 5) is 14.5. The highest BCUT2D eigenvalue weighted by atomic mass is 35.5. The zero-order valence-corrected chi connectivity index (χ0v) is 13.8. The number of benzene rings is 1. The van der Waals surface area contributed by atoms with Crippen LogP contribution in [0.3, 0.4) is 0 Å². The monoisotopic (exact) mass is 312 g/mol. The van der Waals surface area contributed by atoms with Gasteiger partial charge in [-0.25, -0.2) is 0 Å². The molecule has 5 heteroatoms. The van der Waals surface area contributed by atoms with E-state index in [9.17, 15) is 4.79 Å². The third-order valence-electron chi connectivity index (χ3n) is 3.43. The number of hydrogen-bond donors (Lipinski definition) is 1. The molecule has 1 aliphatic rings. The molecule has 0 bridgehead atoms. The van der Waals surface area contributed by atoms with Crippen molar-refractivity contribution in [2.75, 3.05) is 26.2 Å². The highest BCUT2D eigenvalue weighted by molar-refractivity contribution is 5.94. The molecule has 1 N–H and O–H groups in total. The van der Waals surface area contributed by atoms with Crippen LogP contribution >= 0.6 is 12.4 Å². The smallest absolute Gasteiger partial charge is 0.254 e. The Labute approximate surface area is 133 Å². The highest BCUT2D eigenvalue weighted by Crippen LogP contribution is 2.17. The predicted octanol–water partition coefficient (Wildman–Crippen LogP) is 2.58. The molecule has 1 heterocycles. The molecule has 1 saturated heterocycles. The van der Waals surface area contributed by atoms with Crippen LogP contribution in [-0.4, -0.2) is 43.1 Å². The largest absolute Gasteiger partial charge is 0.493 e. The van der Waals surface area contributed by atoms with Crippen molar-refractivity contribution in [3.8, 4) is 5.75 Å². The van der Waals surface area contributed by atoms with Gasteiger partial charge in [0.15, 0.2) is 0 Å². The minimum absolute atomic E-state index is 0. The van der Waals surface area contributed by atoms with Gasteiger partial charge in [0.1, 0.15) is 5.75 Å². The van der Waals surface area contributed by atoms with Gasteiger partial charge in [-0.2, -0.15) is 0 Å². The Morgan fingerprint density at radius 3 is 2.90 bits per heavy atom. The van der Waals surface area contributed by atoms with Gasteiger partial charge in [0.2, 0.25) is 0 Å². The summed E-state index contributed by atoms with van der Waals surface area (Å²) >= 11 is 0. The van der Waals surface area contributed by atoms with E-state index in [1.165, 1.54) is 0 Å². The molecule has 0 unspecified atom stereocenters. The lowest BCUT2D eigenvalue weighted by Crippen LogP contribution is -2.52. The Morgan fingerprint density at radius 1 is 1.48 bits per heavy atom. The number of halogens is 1. The molecule has 0 aliphatic carbocycles. The van der Waals surface area contributed by atoms with Crippen LogP contribution in [0.15, 0.2) is 24.3 Å². The third kappa shape index (κ3) is 4.90. The van der Waals surface area contributed by atoms with Crippen LogP contribution in [0.25, 0.3) is 0 Å². The summed E-state index contributed by atoms with van der Waals surface area (Å²) in [6.07, 6.45) is 0. The van der Waals surface area contributed by atoms with Crippen molar-refractivity contribution >= 4 is 18.3 Å². The molecule has 4 nitrogen and oxygen atoms in total. The molecular weight excluding hydrogens is 288 g/mol. The second kappa shape index (κ2) is 8.25. The molecule has 0 saturated carbocycles. The highest BCUT2D eigenvalue weighted by Gasteiger charge is 2.24. The Kier molecular flexibility index (Phi) is 6.99. The van der Waals surface area contributed by atoms with E-state index < -0.39 is 0 Å². The summed E-state index contributed by atoms with van der Waals surface area (Å²) in [6.45, 7) is 9.44. The van der Waals surface area contributed by atoms with Gasteiger partial charge in [-0.3, -0.25) is 4.79 Å². The SMILES string of the molecule is CC(C)COc1cccc(C(=O)N2CCNC[C@H]2C)c1.Cl. The molecule has 0 radical (unpaired) electrons. The van der Waals surface area contributed by atoms with E-state index in [0.717, 1.165) is 25.4 Å². The van der Waals surface area contributed by atoms with Crippen molar-refractivity contribution in [3.63, 3.8) is 0 Å². The maximum absolute atomic E-state index is 12.5. The van der Waals surface area contributed by atoms with E-state index in [1.54, 1.807) is 0 Å². The molecule has 0 aromatic heterocycles. The van der Waals surface area contributed by atoms with Crippen LogP contribution in [0.1, 0.15) is 31.1 Å². The molecule has 1 aromatic carbocycles. The number of nitrogens with one attached hydrogen (secondary N) is 1. The summed E-state index contributed by atoms with van der Waals surface area (Å²) in [5.41, 5.74) is 0.708. The van der Waals surface area contributed by atoms with E-state index in [1.807, 2.05) is 29.2 Å². The van der Waals surface area contributed by atoms with Gasteiger partial charge >= 0.3 is 0 Å².